The van der Waals surface area contributed by atoms with Crippen molar-refractivity contribution in [1.82, 2.24) is 0 Å². The molecule has 50 valence electrons. The smallest absolute Gasteiger partial charge is 0.355 e. The van der Waals surface area contributed by atoms with Gasteiger partial charge in [0.2, 0.25) is 5.75 Å². The molecule has 0 aliphatic carbocycles. The third kappa shape index (κ3) is 6.00. The molecular weight excluding hydrogens is 148 g/mol. The highest BCUT2D eigenvalue weighted by Crippen LogP contribution is 2.18. The van der Waals surface area contributed by atoms with Crippen molar-refractivity contribution in [2.45, 2.75) is 12.1 Å². The lowest BCUT2D eigenvalue weighted by molar-refractivity contribution is -0.355. The Hall–Kier alpha value is -0.0000000000000000555. The number of hydrogen-bond donors (Lipinski definition) is 1. The van der Waals surface area contributed by atoms with E-state index in [1.54, 1.807) is 0 Å². The fourth-order valence-corrected chi connectivity index (χ4v) is 0.211. The number of alkyl halides is 4. The van der Waals surface area contributed by atoms with Crippen molar-refractivity contribution in [2.24, 2.45) is 0 Å². The molecule has 0 radical (unpaired) electrons. The molecule has 0 aliphatic rings. The molecule has 0 rings (SSSR count). The van der Waals surface area contributed by atoms with Crippen LogP contribution in [0.1, 0.15) is 0 Å². The monoisotopic (exact) mass is 150 g/mol. The predicted octanol–water partition coefficient (Wildman–Crippen LogP) is 1.04. The van der Waals surface area contributed by atoms with Crippen LogP contribution >= 0.6 is 11.6 Å². The fraction of sp³-hybridized carbons (Fsp3) is 1.00. The van der Waals surface area contributed by atoms with Crippen molar-refractivity contribution < 1.29 is 23.0 Å². The van der Waals surface area contributed by atoms with Gasteiger partial charge in [0.1, 0.15) is 0 Å². The van der Waals surface area contributed by atoms with Crippen LogP contribution in [0.5, 0.6) is 0 Å². The second kappa shape index (κ2) is 2.52. The molecule has 6 heteroatoms. The van der Waals surface area contributed by atoms with E-state index in [9.17, 15) is 13.2 Å². The molecular formula is C2H2ClF3O2. The Labute approximate surface area is 47.8 Å². The van der Waals surface area contributed by atoms with Gasteiger partial charge in [0.15, 0.2) is 0 Å². The topological polar surface area (TPSA) is 29.5 Å². The maximum atomic E-state index is 10.8. The second-order valence-corrected chi connectivity index (χ2v) is 1.23. The van der Waals surface area contributed by atoms with Crippen LogP contribution in [0.25, 0.3) is 0 Å². The lowest BCUT2D eigenvalue weighted by Gasteiger charge is -2.06. The molecule has 0 aromatic carbocycles. The number of halogens is 4. The number of aliphatic hydroxyl groups is 1. The first-order valence-corrected chi connectivity index (χ1v) is 1.92. The Balaban J connectivity index is 3.39. The fourth-order valence-electron chi connectivity index (χ4n) is 0.110. The van der Waals surface area contributed by atoms with Gasteiger partial charge in [-0.3, -0.25) is 0 Å². The molecule has 2 nitrogen and oxygen atoms in total. The average molecular weight is 150 g/mol. The molecule has 0 aromatic rings. The zero-order valence-electron chi connectivity index (χ0n) is 3.44. The van der Waals surface area contributed by atoms with Crippen LogP contribution in [-0.4, -0.2) is 17.2 Å². The van der Waals surface area contributed by atoms with Crippen LogP contribution in [-0.2, 0) is 4.74 Å². The summed E-state index contributed by atoms with van der Waals surface area (Å²) >= 11 is 4.38. The van der Waals surface area contributed by atoms with Gasteiger partial charge in [-0.05, 0) is 0 Å². The SMILES string of the molecule is OC(Cl)OC(F)(F)F. The highest BCUT2D eigenvalue weighted by atomic mass is 35.5. The summed E-state index contributed by atoms with van der Waals surface area (Å²) in [6, 6.07) is 0. The average Bonchev–Trinajstić information content (AvgIpc) is 1.21. The van der Waals surface area contributed by atoms with E-state index < -0.39 is 12.1 Å². The van der Waals surface area contributed by atoms with Crippen molar-refractivity contribution in [3.63, 3.8) is 0 Å². The van der Waals surface area contributed by atoms with Gasteiger partial charge in [0.25, 0.3) is 0 Å². The van der Waals surface area contributed by atoms with E-state index in [0.29, 0.717) is 0 Å². The van der Waals surface area contributed by atoms with Crippen LogP contribution in [0.15, 0.2) is 0 Å². The summed E-state index contributed by atoms with van der Waals surface area (Å²) < 4.78 is 35.3. The lowest BCUT2D eigenvalue weighted by Crippen LogP contribution is -2.18. The van der Waals surface area contributed by atoms with Gasteiger partial charge in [0, 0.05) is 0 Å². The molecule has 0 heterocycles. The molecule has 1 unspecified atom stereocenters. The van der Waals surface area contributed by atoms with Gasteiger partial charge in [-0.15, -0.1) is 13.2 Å². The third-order valence-electron chi connectivity index (χ3n) is 0.231. The molecule has 0 aliphatic heterocycles. The van der Waals surface area contributed by atoms with Gasteiger partial charge in [-0.2, -0.15) is 0 Å². The molecule has 0 bridgehead atoms. The van der Waals surface area contributed by atoms with E-state index in [2.05, 4.69) is 16.3 Å². The van der Waals surface area contributed by atoms with E-state index in [4.69, 9.17) is 5.11 Å². The highest BCUT2D eigenvalue weighted by molar-refractivity contribution is 6.18. The molecule has 0 saturated heterocycles. The Morgan fingerprint density at radius 3 is 1.88 bits per heavy atom. The maximum Gasteiger partial charge on any atom is 0.525 e. The molecule has 8 heavy (non-hydrogen) atoms. The van der Waals surface area contributed by atoms with Crippen LogP contribution in [0.3, 0.4) is 0 Å². The minimum atomic E-state index is -4.86. The standard InChI is InChI=1S/C2H2ClF3O2/c3-1(7)8-2(4,5)6/h1,7H. The van der Waals surface area contributed by atoms with Gasteiger partial charge >= 0.3 is 6.36 Å². The Morgan fingerprint density at radius 2 is 1.88 bits per heavy atom. The largest absolute Gasteiger partial charge is 0.525 e. The first-order chi connectivity index (χ1) is 3.42. The van der Waals surface area contributed by atoms with Gasteiger partial charge in [0.05, 0.1) is 0 Å². The predicted molar refractivity (Wildman–Crippen MR) is 19.0 cm³/mol. The van der Waals surface area contributed by atoms with E-state index in [-0.39, 0.29) is 0 Å². The van der Waals surface area contributed by atoms with Crippen molar-refractivity contribution in [2.75, 3.05) is 0 Å². The second-order valence-electron chi connectivity index (χ2n) is 0.856. The molecule has 0 fully saturated rings. The first kappa shape index (κ1) is 8.00. The van der Waals surface area contributed by atoms with E-state index in [1.165, 1.54) is 0 Å². The van der Waals surface area contributed by atoms with Crippen molar-refractivity contribution in [3.05, 3.63) is 0 Å². The summed E-state index contributed by atoms with van der Waals surface area (Å²) in [5, 5.41) is 7.71. The molecule has 0 amide bonds. The molecule has 1 atom stereocenters. The summed E-state index contributed by atoms with van der Waals surface area (Å²) in [7, 11) is 0. The maximum absolute atomic E-state index is 10.8. The van der Waals surface area contributed by atoms with Crippen LogP contribution in [0.4, 0.5) is 13.2 Å². The zero-order chi connectivity index (χ0) is 6.78. The minimum Gasteiger partial charge on any atom is -0.355 e. The van der Waals surface area contributed by atoms with Crippen molar-refractivity contribution in [3.8, 4) is 0 Å². The Kier molecular flexibility index (Phi) is 2.52. The summed E-state index contributed by atoms with van der Waals surface area (Å²) in [5.41, 5.74) is 0. The minimum absolute atomic E-state index is 2.31. The van der Waals surface area contributed by atoms with Crippen LogP contribution in [0, 0.1) is 0 Å². The molecule has 0 aromatic heterocycles. The quantitative estimate of drug-likeness (QED) is 0.447. The van der Waals surface area contributed by atoms with Crippen LogP contribution < -0.4 is 0 Å². The normalized spacial score (nSPS) is 16.1. The van der Waals surface area contributed by atoms with Crippen LogP contribution in [0.2, 0.25) is 0 Å². The Morgan fingerprint density at radius 1 is 1.50 bits per heavy atom. The summed E-state index contributed by atoms with van der Waals surface area (Å²) in [6.45, 7) is 0. The van der Waals surface area contributed by atoms with Crippen molar-refractivity contribution >= 4 is 11.6 Å². The summed E-state index contributed by atoms with van der Waals surface area (Å²) in [5.74, 6) is -2.31. The van der Waals surface area contributed by atoms with Gasteiger partial charge in [-0.25, -0.2) is 4.74 Å². The van der Waals surface area contributed by atoms with Crippen molar-refractivity contribution in [1.29, 1.82) is 0 Å². The van der Waals surface area contributed by atoms with E-state index >= 15 is 0 Å². The Bertz CT molecular complexity index is 70.2. The highest BCUT2D eigenvalue weighted by Gasteiger charge is 2.31. The molecule has 0 saturated carbocycles. The zero-order valence-corrected chi connectivity index (χ0v) is 4.20. The van der Waals surface area contributed by atoms with Gasteiger partial charge < -0.3 is 5.11 Å². The summed E-state index contributed by atoms with van der Waals surface area (Å²) in [6.07, 6.45) is -4.86. The number of rotatable bonds is 1. The third-order valence-corrected chi connectivity index (χ3v) is 0.320. The number of aliphatic hydroxyl groups excluding tert-OH is 1. The first-order valence-electron chi connectivity index (χ1n) is 1.48. The van der Waals surface area contributed by atoms with Gasteiger partial charge in [-0.1, -0.05) is 11.6 Å². The summed E-state index contributed by atoms with van der Waals surface area (Å²) in [4.78, 5) is 0. The number of ether oxygens (including phenoxy) is 1. The lowest BCUT2D eigenvalue weighted by atomic mass is 11.3. The number of hydrogen-bond acceptors (Lipinski definition) is 2. The molecule has 0 spiro atoms. The molecule has 1 N–H and O–H groups in total. The van der Waals surface area contributed by atoms with E-state index in [0.717, 1.165) is 0 Å². The van der Waals surface area contributed by atoms with E-state index in [1.807, 2.05) is 0 Å².